The van der Waals surface area contributed by atoms with E-state index in [0.717, 1.165) is 25.3 Å². The Morgan fingerprint density at radius 3 is 2.39 bits per heavy atom. The molecule has 0 unspecified atom stereocenters. The van der Waals surface area contributed by atoms with Crippen LogP contribution in [0.15, 0.2) is 23.3 Å². The van der Waals surface area contributed by atoms with Crippen molar-refractivity contribution in [2.24, 2.45) is 39.4 Å². The van der Waals surface area contributed by atoms with Crippen LogP contribution in [0, 0.1) is 39.4 Å². The SMILES string of the molecule is C[C@H](CCC=C(F)F)[C@H]1CC[C@@]2(C)C3=C(CC[C@]12C)[C@@]1(C)CC[C@H](O)C(C)(C)[C@@H]1CC3. The fourth-order valence-electron chi connectivity index (χ4n) is 9.29. The zero-order valence-corrected chi connectivity index (χ0v) is 20.7. The normalized spacial score (nSPS) is 44.9. The maximum atomic E-state index is 12.5. The smallest absolute Gasteiger partial charge is 0.266 e. The molecule has 2 fully saturated rings. The number of halogens is 2. The summed E-state index contributed by atoms with van der Waals surface area (Å²) in [7, 11) is 0. The molecule has 1 N–H and O–H groups in total. The Morgan fingerprint density at radius 2 is 1.71 bits per heavy atom. The second-order valence-electron chi connectivity index (χ2n) is 12.8. The Labute approximate surface area is 188 Å². The summed E-state index contributed by atoms with van der Waals surface area (Å²) in [5, 5.41) is 10.8. The summed E-state index contributed by atoms with van der Waals surface area (Å²) in [5.74, 6) is 1.67. The number of hydrogen-bond donors (Lipinski definition) is 1. The Hall–Kier alpha value is -0.700. The molecule has 0 radical (unpaired) electrons. The average Bonchev–Trinajstić information content (AvgIpc) is 2.96. The van der Waals surface area contributed by atoms with E-state index in [1.807, 2.05) is 0 Å². The lowest BCUT2D eigenvalue weighted by molar-refractivity contribution is -0.0962. The minimum absolute atomic E-state index is 0.0148. The van der Waals surface area contributed by atoms with Crippen LogP contribution < -0.4 is 0 Å². The minimum atomic E-state index is -1.53. The first-order valence-corrected chi connectivity index (χ1v) is 12.8. The number of fused-ring (bicyclic) bond motifs is 4. The first-order valence-electron chi connectivity index (χ1n) is 12.8. The summed E-state index contributed by atoms with van der Waals surface area (Å²) in [4.78, 5) is 0. The van der Waals surface area contributed by atoms with Crippen LogP contribution in [0.3, 0.4) is 0 Å². The number of hydrogen-bond acceptors (Lipinski definition) is 1. The van der Waals surface area contributed by atoms with Crippen molar-refractivity contribution in [3.8, 4) is 0 Å². The van der Waals surface area contributed by atoms with Crippen LogP contribution in [0.1, 0.15) is 106 Å². The molecule has 0 saturated heterocycles. The zero-order chi connectivity index (χ0) is 22.8. The first-order chi connectivity index (χ1) is 14.4. The molecule has 4 rings (SSSR count). The van der Waals surface area contributed by atoms with Gasteiger partial charge in [0.15, 0.2) is 0 Å². The van der Waals surface area contributed by atoms with Crippen molar-refractivity contribution in [2.75, 3.05) is 0 Å². The van der Waals surface area contributed by atoms with E-state index in [2.05, 4.69) is 41.5 Å². The van der Waals surface area contributed by atoms with Crippen molar-refractivity contribution in [3.05, 3.63) is 23.3 Å². The summed E-state index contributed by atoms with van der Waals surface area (Å²) >= 11 is 0. The van der Waals surface area contributed by atoms with Crippen molar-refractivity contribution >= 4 is 0 Å². The third kappa shape index (κ3) is 3.30. The van der Waals surface area contributed by atoms with Gasteiger partial charge in [0, 0.05) is 0 Å². The number of rotatable bonds is 4. The molecule has 176 valence electrons. The van der Waals surface area contributed by atoms with Gasteiger partial charge >= 0.3 is 0 Å². The van der Waals surface area contributed by atoms with Crippen molar-refractivity contribution < 1.29 is 13.9 Å². The van der Waals surface area contributed by atoms with Crippen LogP contribution >= 0.6 is 0 Å². The molecular weight excluding hydrogens is 390 g/mol. The topological polar surface area (TPSA) is 20.2 Å². The molecule has 7 atom stereocenters. The number of aliphatic hydroxyl groups excluding tert-OH is 1. The highest BCUT2D eigenvalue weighted by Crippen LogP contribution is 2.72. The van der Waals surface area contributed by atoms with E-state index >= 15 is 0 Å². The van der Waals surface area contributed by atoms with Crippen molar-refractivity contribution in [2.45, 2.75) is 112 Å². The van der Waals surface area contributed by atoms with E-state index in [-0.39, 0.29) is 27.8 Å². The van der Waals surface area contributed by atoms with Crippen LogP contribution in [0.5, 0.6) is 0 Å². The third-order valence-corrected chi connectivity index (χ3v) is 11.4. The predicted molar refractivity (Wildman–Crippen MR) is 124 cm³/mol. The van der Waals surface area contributed by atoms with Gasteiger partial charge in [-0.15, -0.1) is 0 Å². The van der Waals surface area contributed by atoms with Gasteiger partial charge in [-0.3, -0.25) is 0 Å². The third-order valence-electron chi connectivity index (χ3n) is 11.4. The molecular formula is C28H44F2O. The lowest BCUT2D eigenvalue weighted by atomic mass is 9.43. The lowest BCUT2D eigenvalue weighted by Crippen LogP contribution is -2.55. The Bertz CT molecular complexity index is 778. The van der Waals surface area contributed by atoms with E-state index in [4.69, 9.17) is 0 Å². The summed E-state index contributed by atoms with van der Waals surface area (Å²) in [6.07, 6.45) is 10.1. The van der Waals surface area contributed by atoms with Crippen molar-refractivity contribution in [3.63, 3.8) is 0 Å². The molecule has 3 heteroatoms. The van der Waals surface area contributed by atoms with E-state index in [1.165, 1.54) is 38.5 Å². The van der Waals surface area contributed by atoms with Gasteiger partial charge in [-0.2, -0.15) is 8.78 Å². The molecule has 0 aromatic heterocycles. The molecule has 1 nitrogen and oxygen atoms in total. The molecule has 0 amide bonds. The Balaban J connectivity index is 1.65. The number of allylic oxidation sites excluding steroid dienone is 3. The molecule has 0 aromatic carbocycles. The highest BCUT2D eigenvalue weighted by molar-refractivity contribution is 5.38. The molecule has 0 aliphatic heterocycles. The van der Waals surface area contributed by atoms with Crippen LogP contribution in [-0.4, -0.2) is 11.2 Å². The standard InChI is InChI=1S/C28H44F2O/c1-18(8-7-9-24(29)30)19-12-16-28(6)21-10-11-22-25(2,3)23(31)14-15-26(22,4)20(21)13-17-27(19,28)5/h9,18-19,22-23,31H,7-8,10-17H2,1-6H3/t18-,19-,22+,23+,26-,27-,28+/m1/s1. The van der Waals surface area contributed by atoms with E-state index in [1.54, 1.807) is 11.1 Å². The van der Waals surface area contributed by atoms with Gasteiger partial charge < -0.3 is 5.11 Å². The monoisotopic (exact) mass is 434 g/mol. The summed E-state index contributed by atoms with van der Waals surface area (Å²) in [6.45, 7) is 14.5. The van der Waals surface area contributed by atoms with Crippen LogP contribution in [0.2, 0.25) is 0 Å². The zero-order valence-electron chi connectivity index (χ0n) is 20.7. The van der Waals surface area contributed by atoms with E-state index in [0.29, 0.717) is 24.2 Å². The molecule has 0 aromatic rings. The highest BCUT2D eigenvalue weighted by atomic mass is 19.3. The fraction of sp³-hybridized carbons (Fsp3) is 0.857. The summed E-state index contributed by atoms with van der Waals surface area (Å²) in [6, 6.07) is 0. The maximum Gasteiger partial charge on any atom is 0.266 e. The van der Waals surface area contributed by atoms with Gasteiger partial charge in [0.2, 0.25) is 0 Å². The largest absolute Gasteiger partial charge is 0.393 e. The highest BCUT2D eigenvalue weighted by Gasteiger charge is 2.63. The van der Waals surface area contributed by atoms with Gasteiger partial charge in [0.25, 0.3) is 6.08 Å². The van der Waals surface area contributed by atoms with Gasteiger partial charge in [0.1, 0.15) is 0 Å². The predicted octanol–water partition coefficient (Wildman–Crippen LogP) is 8.29. The quantitative estimate of drug-likeness (QED) is 0.441. The second-order valence-corrected chi connectivity index (χ2v) is 12.8. The molecule has 0 spiro atoms. The molecule has 0 bridgehead atoms. The van der Waals surface area contributed by atoms with E-state index < -0.39 is 6.08 Å². The maximum absolute atomic E-state index is 12.5. The molecule has 4 aliphatic carbocycles. The molecule has 4 aliphatic rings. The van der Waals surface area contributed by atoms with E-state index in [9.17, 15) is 13.9 Å². The second kappa shape index (κ2) is 7.67. The summed E-state index contributed by atoms with van der Waals surface area (Å²) < 4.78 is 25.1. The minimum Gasteiger partial charge on any atom is -0.393 e. The van der Waals surface area contributed by atoms with Crippen LogP contribution in [0.25, 0.3) is 0 Å². The van der Waals surface area contributed by atoms with Gasteiger partial charge in [-0.25, -0.2) is 0 Å². The van der Waals surface area contributed by atoms with Crippen molar-refractivity contribution in [1.82, 2.24) is 0 Å². The molecule has 2 saturated carbocycles. The van der Waals surface area contributed by atoms with Gasteiger partial charge in [-0.05, 0) is 110 Å². The van der Waals surface area contributed by atoms with Gasteiger partial charge in [-0.1, -0.05) is 52.7 Å². The van der Waals surface area contributed by atoms with Gasteiger partial charge in [0.05, 0.1) is 6.10 Å². The Kier molecular flexibility index (Phi) is 5.81. The fourth-order valence-corrected chi connectivity index (χ4v) is 9.29. The lowest BCUT2D eigenvalue weighted by Gasteiger charge is -2.62. The summed E-state index contributed by atoms with van der Waals surface area (Å²) in [5.41, 5.74) is 4.24. The Morgan fingerprint density at radius 1 is 1.00 bits per heavy atom. The van der Waals surface area contributed by atoms with Crippen molar-refractivity contribution in [1.29, 1.82) is 0 Å². The average molecular weight is 435 g/mol. The first kappa shape index (κ1) is 23.5. The number of aliphatic hydroxyl groups is 1. The van der Waals surface area contributed by atoms with Crippen LogP contribution in [-0.2, 0) is 0 Å². The van der Waals surface area contributed by atoms with Crippen LogP contribution in [0.4, 0.5) is 8.78 Å². The molecule has 31 heavy (non-hydrogen) atoms. The molecule has 0 heterocycles.